The molecule has 0 radical (unpaired) electrons. The molecule has 0 aliphatic rings. The molecule has 0 saturated heterocycles. The molecule has 4 nitrogen and oxygen atoms in total. The Hall–Kier alpha value is -1.42. The van der Waals surface area contributed by atoms with E-state index < -0.39 is 15.8 Å². The highest BCUT2D eigenvalue weighted by molar-refractivity contribution is 7.89. The van der Waals surface area contributed by atoms with E-state index >= 15 is 0 Å². The Kier molecular flexibility index (Phi) is 4.23. The first-order chi connectivity index (χ1) is 7.89. The molecule has 2 N–H and O–H groups in total. The summed E-state index contributed by atoms with van der Waals surface area (Å²) >= 11 is 0. The molecular weight excluding hydrogens is 243 g/mol. The quantitative estimate of drug-likeness (QED) is 0.778. The molecule has 17 heavy (non-hydrogen) atoms. The molecule has 0 atom stereocenters. The number of hydrogen-bond donors (Lipinski definition) is 1. The van der Waals surface area contributed by atoms with Crippen LogP contribution in [0.3, 0.4) is 0 Å². The molecule has 1 aromatic rings. The Labute approximate surface area is 100 Å². The Bertz CT molecular complexity index is 571. The van der Waals surface area contributed by atoms with Gasteiger partial charge >= 0.3 is 0 Å². The van der Waals surface area contributed by atoms with Crippen LogP contribution in [0.5, 0.6) is 0 Å². The van der Waals surface area contributed by atoms with Crippen molar-refractivity contribution in [2.45, 2.75) is 4.90 Å². The fourth-order valence-electron chi connectivity index (χ4n) is 1.14. The van der Waals surface area contributed by atoms with E-state index in [1.807, 2.05) is 0 Å². The summed E-state index contributed by atoms with van der Waals surface area (Å²) < 4.78 is 38.0. The summed E-state index contributed by atoms with van der Waals surface area (Å²) in [6.07, 6.45) is 0. The third kappa shape index (κ3) is 3.03. The molecule has 0 fully saturated rings. The van der Waals surface area contributed by atoms with Crippen LogP contribution in [0.4, 0.5) is 4.39 Å². The van der Waals surface area contributed by atoms with Gasteiger partial charge < -0.3 is 5.73 Å². The van der Waals surface area contributed by atoms with Gasteiger partial charge in [0, 0.05) is 19.7 Å². The number of sulfonamides is 1. The van der Waals surface area contributed by atoms with Crippen molar-refractivity contribution >= 4 is 10.0 Å². The van der Waals surface area contributed by atoms with Crippen LogP contribution in [0.25, 0.3) is 0 Å². The molecule has 0 unspecified atom stereocenters. The smallest absolute Gasteiger partial charge is 0.245 e. The Morgan fingerprint density at radius 2 is 2.06 bits per heavy atom. The van der Waals surface area contributed by atoms with Gasteiger partial charge in [0.25, 0.3) is 0 Å². The second-order valence-corrected chi connectivity index (χ2v) is 5.56. The van der Waals surface area contributed by atoms with Crippen molar-refractivity contribution in [1.82, 2.24) is 4.31 Å². The molecule has 0 aromatic heterocycles. The van der Waals surface area contributed by atoms with Crippen molar-refractivity contribution in [3.05, 3.63) is 29.6 Å². The number of hydrogen-bond acceptors (Lipinski definition) is 3. The fourth-order valence-corrected chi connectivity index (χ4v) is 2.08. The molecule has 0 spiro atoms. The van der Waals surface area contributed by atoms with Crippen molar-refractivity contribution < 1.29 is 12.8 Å². The van der Waals surface area contributed by atoms with Gasteiger partial charge in [-0.25, -0.2) is 17.1 Å². The van der Waals surface area contributed by atoms with Gasteiger partial charge in [-0.15, -0.1) is 0 Å². The summed E-state index contributed by atoms with van der Waals surface area (Å²) in [4.78, 5) is -0.360. The number of benzene rings is 1. The highest BCUT2D eigenvalue weighted by Gasteiger charge is 2.21. The minimum absolute atomic E-state index is 0.166. The van der Waals surface area contributed by atoms with Crippen LogP contribution in [0.1, 0.15) is 5.56 Å². The molecule has 0 bridgehead atoms. The van der Waals surface area contributed by atoms with E-state index in [9.17, 15) is 12.8 Å². The number of rotatable bonds is 2. The maximum Gasteiger partial charge on any atom is 0.245 e. The first-order valence-corrected chi connectivity index (χ1v) is 6.24. The van der Waals surface area contributed by atoms with Crippen LogP contribution in [0.2, 0.25) is 0 Å². The molecule has 0 heterocycles. The Balaban J connectivity index is 3.24. The highest BCUT2D eigenvalue weighted by Crippen LogP contribution is 2.18. The predicted octanol–water partition coefficient (Wildman–Crippen LogP) is 0.386. The SMILES string of the molecule is CN(C)S(=O)(=O)c1ccc(C#CCN)cc1F. The van der Waals surface area contributed by atoms with E-state index in [4.69, 9.17) is 5.73 Å². The lowest BCUT2D eigenvalue weighted by Crippen LogP contribution is -2.23. The molecule has 92 valence electrons. The minimum atomic E-state index is -3.76. The van der Waals surface area contributed by atoms with Crippen LogP contribution in [0.15, 0.2) is 23.1 Å². The first-order valence-electron chi connectivity index (χ1n) is 4.80. The second kappa shape index (κ2) is 5.27. The maximum atomic E-state index is 13.6. The fraction of sp³-hybridized carbons (Fsp3) is 0.273. The molecule has 0 aliphatic carbocycles. The highest BCUT2D eigenvalue weighted by atomic mass is 32.2. The monoisotopic (exact) mass is 256 g/mol. The molecule has 1 rings (SSSR count). The molecular formula is C11H13FN2O2S. The second-order valence-electron chi connectivity index (χ2n) is 3.44. The van der Waals surface area contributed by atoms with E-state index in [0.29, 0.717) is 5.56 Å². The summed E-state index contributed by atoms with van der Waals surface area (Å²) in [7, 11) is -1.07. The maximum absolute atomic E-state index is 13.6. The van der Waals surface area contributed by atoms with Crippen molar-refractivity contribution in [3.8, 4) is 11.8 Å². The number of nitrogens with zero attached hydrogens (tertiary/aromatic N) is 1. The van der Waals surface area contributed by atoms with E-state index in [1.165, 1.54) is 26.2 Å². The summed E-state index contributed by atoms with van der Waals surface area (Å²) in [5.41, 5.74) is 5.58. The van der Waals surface area contributed by atoms with Gasteiger partial charge in [0.05, 0.1) is 6.54 Å². The van der Waals surface area contributed by atoms with Crippen LogP contribution in [-0.2, 0) is 10.0 Å². The molecule has 6 heteroatoms. The standard InChI is InChI=1S/C11H13FN2O2S/c1-14(2)17(15,16)11-6-5-9(4-3-7-13)8-10(11)12/h5-6,8H,7,13H2,1-2H3. The van der Waals surface area contributed by atoms with Gasteiger partial charge in [0.15, 0.2) is 0 Å². The first kappa shape index (κ1) is 13.6. The largest absolute Gasteiger partial charge is 0.320 e. The summed E-state index contributed by atoms with van der Waals surface area (Å²) in [5.74, 6) is 4.38. The summed E-state index contributed by atoms with van der Waals surface area (Å²) in [6.45, 7) is 0.166. The van der Waals surface area contributed by atoms with Gasteiger partial charge in [0.1, 0.15) is 10.7 Å². The third-order valence-corrected chi connectivity index (χ3v) is 3.87. The van der Waals surface area contributed by atoms with E-state index in [-0.39, 0.29) is 11.4 Å². The Morgan fingerprint density at radius 3 is 2.53 bits per heavy atom. The van der Waals surface area contributed by atoms with E-state index in [0.717, 1.165) is 10.4 Å². The lowest BCUT2D eigenvalue weighted by atomic mass is 10.2. The molecule has 1 aromatic carbocycles. The van der Waals surface area contributed by atoms with Gasteiger partial charge in [-0.05, 0) is 18.2 Å². The Morgan fingerprint density at radius 1 is 1.41 bits per heavy atom. The molecule has 0 saturated carbocycles. The third-order valence-electron chi connectivity index (χ3n) is 2.03. The van der Waals surface area contributed by atoms with Gasteiger partial charge in [-0.1, -0.05) is 11.8 Å². The molecule has 0 aliphatic heterocycles. The topological polar surface area (TPSA) is 63.4 Å². The average Bonchev–Trinajstić information content (AvgIpc) is 2.25. The lowest BCUT2D eigenvalue weighted by molar-refractivity contribution is 0.508. The van der Waals surface area contributed by atoms with Crippen LogP contribution >= 0.6 is 0 Å². The predicted molar refractivity (Wildman–Crippen MR) is 63.2 cm³/mol. The van der Waals surface area contributed by atoms with Gasteiger partial charge in [0.2, 0.25) is 10.0 Å². The van der Waals surface area contributed by atoms with Gasteiger partial charge in [-0.2, -0.15) is 0 Å². The van der Waals surface area contributed by atoms with Crippen LogP contribution < -0.4 is 5.73 Å². The van der Waals surface area contributed by atoms with Crippen molar-refractivity contribution in [2.75, 3.05) is 20.6 Å². The molecule has 0 amide bonds. The summed E-state index contributed by atoms with van der Waals surface area (Å²) in [6, 6.07) is 3.73. The van der Waals surface area contributed by atoms with Crippen LogP contribution in [0, 0.1) is 17.7 Å². The van der Waals surface area contributed by atoms with Gasteiger partial charge in [-0.3, -0.25) is 0 Å². The average molecular weight is 256 g/mol. The number of nitrogens with two attached hydrogens (primary N) is 1. The normalized spacial score (nSPS) is 11.1. The van der Waals surface area contributed by atoms with Crippen LogP contribution in [-0.4, -0.2) is 33.4 Å². The zero-order valence-corrected chi connectivity index (χ0v) is 10.4. The van der Waals surface area contributed by atoms with E-state index in [1.54, 1.807) is 0 Å². The summed E-state index contributed by atoms with van der Waals surface area (Å²) in [5, 5.41) is 0. The van der Waals surface area contributed by atoms with Crippen molar-refractivity contribution in [1.29, 1.82) is 0 Å². The lowest BCUT2D eigenvalue weighted by Gasteiger charge is -2.11. The van der Waals surface area contributed by atoms with Crippen molar-refractivity contribution in [2.24, 2.45) is 5.73 Å². The minimum Gasteiger partial charge on any atom is -0.320 e. The zero-order chi connectivity index (χ0) is 13.1. The van der Waals surface area contributed by atoms with Crippen molar-refractivity contribution in [3.63, 3.8) is 0 Å². The number of halogens is 1. The zero-order valence-electron chi connectivity index (χ0n) is 9.57. The van der Waals surface area contributed by atoms with E-state index in [2.05, 4.69) is 11.8 Å².